The van der Waals surface area contributed by atoms with E-state index in [-0.39, 0.29) is 6.92 Å². The number of benzene rings is 3. The molecule has 0 saturated carbocycles. The van der Waals surface area contributed by atoms with Crippen molar-refractivity contribution < 1.29 is 9.39 Å². The third-order valence-corrected chi connectivity index (χ3v) is 3.68. The van der Waals surface area contributed by atoms with Gasteiger partial charge in [0, 0.05) is 13.2 Å². The van der Waals surface area contributed by atoms with E-state index in [0.717, 1.165) is 22.4 Å². The Morgan fingerprint density at radius 1 is 0.750 bits per heavy atom. The van der Waals surface area contributed by atoms with Gasteiger partial charge in [0.15, 0.2) is 0 Å². The maximum Gasteiger partial charge on any atom is 0.365 e. The van der Waals surface area contributed by atoms with E-state index in [0.29, 0.717) is 13.2 Å². The maximum absolute atomic E-state index is 6.08. The van der Waals surface area contributed by atoms with Crippen LogP contribution in [-0.4, -0.2) is 20.1 Å². The zero-order valence-electron chi connectivity index (χ0n) is 13.5. The maximum atomic E-state index is 6.08. The lowest BCUT2D eigenvalue weighted by molar-refractivity contribution is 0.344. The fraction of sp³-hybridized carbons (Fsp3) is 0.100. The second kappa shape index (κ2) is 8.34. The van der Waals surface area contributed by atoms with Crippen LogP contribution < -0.4 is 21.4 Å². The van der Waals surface area contributed by atoms with Gasteiger partial charge in [-0.3, -0.25) is 0 Å². The molecule has 0 heterocycles. The van der Waals surface area contributed by atoms with Crippen molar-refractivity contribution in [2.45, 2.75) is 0 Å². The minimum Gasteiger partial charge on any atom is -0.458 e. The predicted octanol–water partition coefficient (Wildman–Crippen LogP) is 2.56. The van der Waals surface area contributed by atoms with Gasteiger partial charge in [0.05, 0.1) is 0 Å². The molecule has 3 aromatic carbocycles. The summed E-state index contributed by atoms with van der Waals surface area (Å²) in [5.74, 6) is 1.59. The monoisotopic (exact) mass is 317 g/mol. The molecule has 120 valence electrons. The molecule has 24 heavy (non-hydrogen) atoms. The van der Waals surface area contributed by atoms with Gasteiger partial charge in [-0.15, -0.1) is 0 Å². The molecule has 3 aromatic rings. The van der Waals surface area contributed by atoms with Crippen molar-refractivity contribution in [2.24, 2.45) is 5.73 Å². The lowest BCUT2D eigenvalue weighted by atomic mass is 9.55. The average molecular weight is 317 g/mol. The topological polar surface area (TPSA) is 44.5 Å². The largest absolute Gasteiger partial charge is 0.458 e. The third-order valence-electron chi connectivity index (χ3n) is 3.68. The summed E-state index contributed by atoms with van der Waals surface area (Å²) in [7, 11) is 0. The highest BCUT2D eigenvalue weighted by atomic mass is 16.5. The van der Waals surface area contributed by atoms with Gasteiger partial charge >= 0.3 is 6.92 Å². The van der Waals surface area contributed by atoms with E-state index in [9.17, 15) is 0 Å². The molecule has 3 rings (SSSR count). The Hall–Kier alpha value is -2.56. The van der Waals surface area contributed by atoms with E-state index < -0.39 is 0 Å². The lowest BCUT2D eigenvalue weighted by Crippen LogP contribution is -2.46. The van der Waals surface area contributed by atoms with Gasteiger partial charge in [-0.25, -0.2) is 0 Å². The Balaban J connectivity index is 1.95. The second-order valence-electron chi connectivity index (χ2n) is 5.40. The molecule has 0 spiro atoms. The lowest BCUT2D eigenvalue weighted by Gasteiger charge is -2.18. The Morgan fingerprint density at radius 3 is 2.08 bits per heavy atom. The number of nitrogens with two attached hydrogens (primary N) is 1. The first-order valence-electron chi connectivity index (χ1n) is 8.07. The van der Waals surface area contributed by atoms with Crippen molar-refractivity contribution in [1.29, 1.82) is 0 Å². The van der Waals surface area contributed by atoms with Crippen molar-refractivity contribution in [3.8, 4) is 11.5 Å². The first-order valence-corrected chi connectivity index (χ1v) is 8.07. The minimum atomic E-state index is -0.213. The summed E-state index contributed by atoms with van der Waals surface area (Å²) in [6.45, 7) is 0.749. The smallest absolute Gasteiger partial charge is 0.365 e. The number of ether oxygens (including phenoxy) is 1. The summed E-state index contributed by atoms with van der Waals surface area (Å²) in [5, 5.41) is 0. The van der Waals surface area contributed by atoms with Crippen molar-refractivity contribution in [3.63, 3.8) is 0 Å². The van der Waals surface area contributed by atoms with Gasteiger partial charge in [0.1, 0.15) is 11.5 Å². The highest BCUT2D eigenvalue weighted by Gasteiger charge is 2.24. The first-order chi connectivity index (χ1) is 11.9. The summed E-state index contributed by atoms with van der Waals surface area (Å²) >= 11 is 0. The van der Waals surface area contributed by atoms with Crippen LogP contribution in [0.4, 0.5) is 0 Å². The van der Waals surface area contributed by atoms with E-state index >= 15 is 0 Å². The highest BCUT2D eigenvalue weighted by Crippen LogP contribution is 2.19. The molecule has 3 nitrogen and oxygen atoms in total. The van der Waals surface area contributed by atoms with Crippen molar-refractivity contribution in [2.75, 3.05) is 13.2 Å². The average Bonchev–Trinajstić information content (AvgIpc) is 2.65. The molecule has 0 aliphatic carbocycles. The molecular weight excluding hydrogens is 297 g/mol. The van der Waals surface area contributed by atoms with E-state index in [1.165, 1.54) is 0 Å². The first kappa shape index (κ1) is 16.3. The Bertz CT molecular complexity index is 750. The second-order valence-corrected chi connectivity index (χ2v) is 5.40. The van der Waals surface area contributed by atoms with Gasteiger partial charge in [-0.2, -0.15) is 0 Å². The van der Waals surface area contributed by atoms with Gasteiger partial charge in [0.2, 0.25) is 0 Å². The van der Waals surface area contributed by atoms with E-state index in [4.69, 9.17) is 15.1 Å². The minimum absolute atomic E-state index is 0.213. The molecule has 2 N–H and O–H groups in total. The van der Waals surface area contributed by atoms with Crippen LogP contribution in [0, 0.1) is 0 Å². The van der Waals surface area contributed by atoms with E-state index in [1.807, 2.05) is 72.8 Å². The number of hydrogen-bond acceptors (Lipinski definition) is 3. The highest BCUT2D eigenvalue weighted by molar-refractivity contribution is 6.80. The number of para-hydroxylation sites is 2. The third kappa shape index (κ3) is 4.04. The molecule has 0 aromatic heterocycles. The molecule has 0 radical (unpaired) electrons. The molecule has 0 amide bonds. The molecule has 0 aliphatic rings. The summed E-state index contributed by atoms with van der Waals surface area (Å²) in [6, 6.07) is 27.8. The van der Waals surface area contributed by atoms with Crippen LogP contribution in [-0.2, 0) is 4.65 Å². The van der Waals surface area contributed by atoms with Gasteiger partial charge in [-0.05, 0) is 29.1 Å². The zero-order chi connectivity index (χ0) is 16.6. The van der Waals surface area contributed by atoms with Crippen LogP contribution in [0.1, 0.15) is 0 Å². The van der Waals surface area contributed by atoms with Crippen molar-refractivity contribution in [1.82, 2.24) is 0 Å². The van der Waals surface area contributed by atoms with Gasteiger partial charge in [-0.1, -0.05) is 66.7 Å². The number of rotatable bonds is 7. The van der Waals surface area contributed by atoms with Crippen molar-refractivity contribution >= 4 is 17.8 Å². The molecule has 0 aliphatic heterocycles. The standard InChI is InChI=1S/C20H20BNO2/c22-15-16-23-21(17-9-3-1-4-10-17)19-13-7-8-14-20(19)24-18-11-5-2-6-12-18/h1-14H,15-16,22H2. The summed E-state index contributed by atoms with van der Waals surface area (Å²) < 4.78 is 12.1. The van der Waals surface area contributed by atoms with Crippen LogP contribution in [0.2, 0.25) is 0 Å². The Morgan fingerprint density at radius 2 is 1.38 bits per heavy atom. The van der Waals surface area contributed by atoms with Crippen LogP contribution in [0.3, 0.4) is 0 Å². The normalized spacial score (nSPS) is 10.4. The predicted molar refractivity (Wildman–Crippen MR) is 99.4 cm³/mol. The molecule has 0 atom stereocenters. The van der Waals surface area contributed by atoms with Crippen LogP contribution in [0.15, 0.2) is 84.9 Å². The van der Waals surface area contributed by atoms with Crippen LogP contribution in [0.5, 0.6) is 11.5 Å². The SMILES string of the molecule is NCCOB(c1ccccc1)c1ccccc1Oc1ccccc1. The molecule has 0 fully saturated rings. The molecular formula is C20H20BNO2. The quantitative estimate of drug-likeness (QED) is 0.681. The van der Waals surface area contributed by atoms with Gasteiger partial charge < -0.3 is 15.1 Å². The summed E-state index contributed by atoms with van der Waals surface area (Å²) in [4.78, 5) is 0. The fourth-order valence-corrected chi connectivity index (χ4v) is 2.58. The number of hydrogen-bond donors (Lipinski definition) is 1. The van der Waals surface area contributed by atoms with Crippen molar-refractivity contribution in [3.05, 3.63) is 84.9 Å². The Labute approximate surface area is 143 Å². The molecule has 0 unspecified atom stereocenters. The van der Waals surface area contributed by atoms with Crippen LogP contribution in [0.25, 0.3) is 0 Å². The zero-order valence-corrected chi connectivity index (χ0v) is 13.5. The molecule has 0 bridgehead atoms. The fourth-order valence-electron chi connectivity index (χ4n) is 2.58. The molecule has 4 heteroatoms. The summed E-state index contributed by atoms with van der Waals surface area (Å²) in [6.07, 6.45) is 0. The summed E-state index contributed by atoms with van der Waals surface area (Å²) in [5.41, 5.74) is 7.70. The van der Waals surface area contributed by atoms with E-state index in [2.05, 4.69) is 12.1 Å². The van der Waals surface area contributed by atoms with Crippen LogP contribution >= 0.6 is 0 Å². The Kier molecular flexibility index (Phi) is 5.67. The van der Waals surface area contributed by atoms with Gasteiger partial charge in [0.25, 0.3) is 0 Å². The molecule has 0 saturated heterocycles. The van der Waals surface area contributed by atoms with E-state index in [1.54, 1.807) is 0 Å².